The minimum atomic E-state index is 0.662. The van der Waals surface area contributed by atoms with Crippen LogP contribution in [0.15, 0.2) is 59.6 Å². The first-order valence-electron chi connectivity index (χ1n) is 6.36. The Bertz CT molecular complexity index is 532. The summed E-state index contributed by atoms with van der Waals surface area (Å²) >= 11 is 1.58. The van der Waals surface area contributed by atoms with Crippen molar-refractivity contribution in [3.8, 4) is 11.1 Å². The van der Waals surface area contributed by atoms with E-state index in [1.807, 2.05) is 13.0 Å². The van der Waals surface area contributed by atoms with Crippen LogP contribution in [0.3, 0.4) is 0 Å². The Balaban J connectivity index is 2.01. The lowest BCUT2D eigenvalue weighted by Gasteiger charge is -2.04. The molecule has 2 nitrogen and oxygen atoms in total. The zero-order valence-corrected chi connectivity index (χ0v) is 11.9. The van der Waals surface area contributed by atoms with E-state index < -0.39 is 0 Å². The van der Waals surface area contributed by atoms with Crippen LogP contribution in [0.25, 0.3) is 11.1 Å². The third-order valence-corrected chi connectivity index (χ3v) is 3.66. The lowest BCUT2D eigenvalue weighted by atomic mass is 10.0. The van der Waals surface area contributed by atoms with Gasteiger partial charge in [0.1, 0.15) is 0 Å². The van der Waals surface area contributed by atoms with E-state index in [0.717, 1.165) is 12.3 Å². The SMILES string of the molecule is CCN=C(N)SCc1ccc(-c2ccccc2)cc1. The van der Waals surface area contributed by atoms with Crippen LogP contribution in [-0.4, -0.2) is 11.7 Å². The number of aliphatic imine (C=N–C) groups is 1. The average molecular weight is 270 g/mol. The molecule has 0 heterocycles. The van der Waals surface area contributed by atoms with E-state index in [2.05, 4.69) is 53.5 Å². The third kappa shape index (κ3) is 4.14. The van der Waals surface area contributed by atoms with E-state index in [-0.39, 0.29) is 0 Å². The van der Waals surface area contributed by atoms with Crippen molar-refractivity contribution in [2.24, 2.45) is 10.7 Å². The zero-order chi connectivity index (χ0) is 13.5. The molecule has 0 fully saturated rings. The molecule has 3 heteroatoms. The van der Waals surface area contributed by atoms with E-state index in [0.29, 0.717) is 5.17 Å². The van der Waals surface area contributed by atoms with Crippen LogP contribution < -0.4 is 5.73 Å². The Morgan fingerprint density at radius 3 is 2.26 bits per heavy atom. The number of amidine groups is 1. The molecule has 0 amide bonds. The molecule has 19 heavy (non-hydrogen) atoms. The summed E-state index contributed by atoms with van der Waals surface area (Å²) in [7, 11) is 0. The van der Waals surface area contributed by atoms with E-state index in [1.54, 1.807) is 11.8 Å². The standard InChI is InChI=1S/C16H18N2S/c1-2-18-16(17)19-12-13-8-10-15(11-9-13)14-6-4-3-5-7-14/h3-11H,2,12H2,1H3,(H2,17,18). The highest BCUT2D eigenvalue weighted by molar-refractivity contribution is 8.13. The van der Waals surface area contributed by atoms with Crippen LogP contribution in [0.4, 0.5) is 0 Å². The number of nitrogens with zero attached hydrogens (tertiary/aromatic N) is 1. The molecule has 0 unspecified atom stereocenters. The van der Waals surface area contributed by atoms with Gasteiger partial charge in [-0.25, -0.2) is 0 Å². The molecule has 0 aliphatic rings. The lowest BCUT2D eigenvalue weighted by molar-refractivity contribution is 1.13. The maximum absolute atomic E-state index is 5.77. The second-order valence-electron chi connectivity index (χ2n) is 4.16. The summed E-state index contributed by atoms with van der Waals surface area (Å²) in [4.78, 5) is 4.16. The second-order valence-corrected chi connectivity index (χ2v) is 5.16. The summed E-state index contributed by atoms with van der Waals surface area (Å²) < 4.78 is 0. The summed E-state index contributed by atoms with van der Waals surface area (Å²) in [5, 5.41) is 0.662. The van der Waals surface area contributed by atoms with Gasteiger partial charge in [0.05, 0.1) is 0 Å². The molecule has 0 saturated carbocycles. The molecular weight excluding hydrogens is 252 g/mol. The van der Waals surface area contributed by atoms with Gasteiger partial charge >= 0.3 is 0 Å². The predicted octanol–water partition coefficient (Wildman–Crippen LogP) is 3.92. The molecule has 2 aromatic carbocycles. The van der Waals surface area contributed by atoms with Gasteiger partial charge in [0.25, 0.3) is 0 Å². The second kappa shape index (κ2) is 7.00. The van der Waals surface area contributed by atoms with Crippen molar-refractivity contribution in [2.75, 3.05) is 6.54 Å². The quantitative estimate of drug-likeness (QED) is 0.675. The fourth-order valence-corrected chi connectivity index (χ4v) is 2.51. The first-order chi connectivity index (χ1) is 9.29. The average Bonchev–Trinajstić information content (AvgIpc) is 2.47. The first-order valence-corrected chi connectivity index (χ1v) is 7.35. The third-order valence-electron chi connectivity index (χ3n) is 2.76. The maximum Gasteiger partial charge on any atom is 0.154 e. The van der Waals surface area contributed by atoms with E-state index >= 15 is 0 Å². The Kier molecular flexibility index (Phi) is 5.04. The van der Waals surface area contributed by atoms with Crippen LogP contribution in [0, 0.1) is 0 Å². The molecule has 0 atom stereocenters. The summed E-state index contributed by atoms with van der Waals surface area (Å²) in [5.74, 6) is 0.865. The van der Waals surface area contributed by atoms with Gasteiger partial charge in [-0.3, -0.25) is 4.99 Å². The predicted molar refractivity (Wildman–Crippen MR) is 85.3 cm³/mol. The molecule has 0 aromatic heterocycles. The van der Waals surface area contributed by atoms with E-state index in [9.17, 15) is 0 Å². The number of nitrogens with two attached hydrogens (primary N) is 1. The molecule has 0 spiro atoms. The Morgan fingerprint density at radius 1 is 1.00 bits per heavy atom. The van der Waals surface area contributed by atoms with Gasteiger partial charge in [-0.2, -0.15) is 0 Å². The smallest absolute Gasteiger partial charge is 0.154 e. The fraction of sp³-hybridized carbons (Fsp3) is 0.188. The van der Waals surface area contributed by atoms with Gasteiger partial charge in [-0.1, -0.05) is 66.4 Å². The summed E-state index contributed by atoms with van der Waals surface area (Å²) in [6.45, 7) is 2.73. The van der Waals surface area contributed by atoms with Crippen molar-refractivity contribution in [3.05, 3.63) is 60.2 Å². The normalized spacial score (nSPS) is 11.5. The molecule has 98 valence electrons. The topological polar surface area (TPSA) is 38.4 Å². The molecular formula is C16H18N2S. The molecule has 0 aliphatic heterocycles. The largest absolute Gasteiger partial charge is 0.379 e. The number of benzene rings is 2. The van der Waals surface area contributed by atoms with Gasteiger partial charge in [0.15, 0.2) is 5.17 Å². The van der Waals surface area contributed by atoms with Gasteiger partial charge in [0.2, 0.25) is 0 Å². The molecule has 0 bridgehead atoms. The molecule has 0 saturated heterocycles. The number of rotatable bonds is 4. The van der Waals surface area contributed by atoms with Gasteiger partial charge in [-0.15, -0.1) is 0 Å². The van der Waals surface area contributed by atoms with Crippen LogP contribution in [0.2, 0.25) is 0 Å². The lowest BCUT2D eigenvalue weighted by Crippen LogP contribution is -2.07. The number of hydrogen-bond donors (Lipinski definition) is 1. The Hall–Kier alpha value is -1.74. The highest BCUT2D eigenvalue weighted by Gasteiger charge is 1.99. The van der Waals surface area contributed by atoms with Crippen LogP contribution >= 0.6 is 11.8 Å². The van der Waals surface area contributed by atoms with Crippen molar-refractivity contribution >= 4 is 16.9 Å². The Labute approximate surface area is 118 Å². The van der Waals surface area contributed by atoms with Crippen molar-refractivity contribution in [1.82, 2.24) is 0 Å². The maximum atomic E-state index is 5.77. The van der Waals surface area contributed by atoms with Gasteiger partial charge < -0.3 is 5.73 Å². The highest BCUT2D eigenvalue weighted by atomic mass is 32.2. The molecule has 0 radical (unpaired) electrons. The zero-order valence-electron chi connectivity index (χ0n) is 11.0. The number of thioether (sulfide) groups is 1. The molecule has 0 aliphatic carbocycles. The summed E-state index contributed by atoms with van der Waals surface area (Å²) in [5.41, 5.74) is 9.51. The summed E-state index contributed by atoms with van der Waals surface area (Å²) in [6.07, 6.45) is 0. The highest BCUT2D eigenvalue weighted by Crippen LogP contribution is 2.21. The number of hydrogen-bond acceptors (Lipinski definition) is 2. The minimum Gasteiger partial charge on any atom is -0.379 e. The van der Waals surface area contributed by atoms with E-state index in [1.165, 1.54) is 16.7 Å². The monoisotopic (exact) mass is 270 g/mol. The van der Waals surface area contributed by atoms with Crippen molar-refractivity contribution < 1.29 is 0 Å². The van der Waals surface area contributed by atoms with Crippen LogP contribution in [0.1, 0.15) is 12.5 Å². The summed E-state index contributed by atoms with van der Waals surface area (Å²) in [6, 6.07) is 19.0. The van der Waals surface area contributed by atoms with Gasteiger partial charge in [0, 0.05) is 12.3 Å². The molecule has 2 aromatic rings. The van der Waals surface area contributed by atoms with Gasteiger partial charge in [-0.05, 0) is 23.6 Å². The first kappa shape index (κ1) is 13.7. The molecule has 2 N–H and O–H groups in total. The molecule has 2 rings (SSSR count). The fourth-order valence-electron chi connectivity index (χ4n) is 1.78. The van der Waals surface area contributed by atoms with Crippen LogP contribution in [-0.2, 0) is 5.75 Å². The minimum absolute atomic E-state index is 0.662. The van der Waals surface area contributed by atoms with Crippen molar-refractivity contribution in [2.45, 2.75) is 12.7 Å². The van der Waals surface area contributed by atoms with Crippen molar-refractivity contribution in [3.63, 3.8) is 0 Å². The van der Waals surface area contributed by atoms with Crippen molar-refractivity contribution in [1.29, 1.82) is 0 Å². The van der Waals surface area contributed by atoms with Crippen LogP contribution in [0.5, 0.6) is 0 Å². The Morgan fingerprint density at radius 2 is 1.63 bits per heavy atom. The van der Waals surface area contributed by atoms with E-state index in [4.69, 9.17) is 5.73 Å².